The molecule has 2 unspecified atom stereocenters. The quantitative estimate of drug-likeness (QED) is 0.454. The smallest absolute Gasteiger partial charge is 0.0904 e. The lowest BCUT2D eigenvalue weighted by Crippen LogP contribution is -2.03. The van der Waals surface area contributed by atoms with E-state index in [0.29, 0.717) is 6.10 Å². The van der Waals surface area contributed by atoms with Crippen molar-refractivity contribution in [2.45, 2.75) is 51.7 Å². The molecule has 1 saturated heterocycles. The van der Waals surface area contributed by atoms with Crippen LogP contribution in [0.3, 0.4) is 0 Å². The van der Waals surface area contributed by atoms with Gasteiger partial charge in [-0.15, -0.1) is 0 Å². The molecule has 1 heteroatoms. The first-order valence-electron chi connectivity index (χ1n) is 4.95. The van der Waals surface area contributed by atoms with Gasteiger partial charge in [0.05, 0.1) is 11.7 Å². The number of ether oxygens (including phenoxy) is 1. The van der Waals surface area contributed by atoms with E-state index in [2.05, 4.69) is 26.8 Å². The first-order valence-corrected chi connectivity index (χ1v) is 4.95. The highest BCUT2D eigenvalue weighted by molar-refractivity contribution is 5.15. The van der Waals surface area contributed by atoms with Crippen molar-refractivity contribution in [2.24, 2.45) is 5.92 Å². The van der Waals surface area contributed by atoms with Crippen LogP contribution in [0.25, 0.3) is 0 Å². The molecule has 1 heterocycles. The van der Waals surface area contributed by atoms with Crippen LogP contribution in [0.4, 0.5) is 0 Å². The zero-order valence-corrected chi connectivity index (χ0v) is 8.26. The van der Waals surface area contributed by atoms with Crippen LogP contribution in [0.5, 0.6) is 0 Å². The number of epoxide rings is 1. The van der Waals surface area contributed by atoms with Gasteiger partial charge in [0.1, 0.15) is 0 Å². The van der Waals surface area contributed by atoms with Crippen molar-refractivity contribution in [3.63, 3.8) is 0 Å². The Balaban J connectivity index is 1.85. The van der Waals surface area contributed by atoms with Crippen LogP contribution in [0.1, 0.15) is 40.0 Å². The maximum atomic E-state index is 5.56. The van der Waals surface area contributed by atoms with Crippen molar-refractivity contribution in [1.29, 1.82) is 0 Å². The Morgan fingerprint density at radius 2 is 2.25 bits per heavy atom. The second kappa shape index (κ2) is 2.59. The topological polar surface area (TPSA) is 12.5 Å². The molecule has 1 aliphatic heterocycles. The van der Waals surface area contributed by atoms with Gasteiger partial charge in [-0.25, -0.2) is 0 Å². The molecule has 1 fully saturated rings. The largest absolute Gasteiger partial charge is 0.366 e. The van der Waals surface area contributed by atoms with Gasteiger partial charge in [0.15, 0.2) is 0 Å². The fourth-order valence-corrected chi connectivity index (χ4v) is 2.01. The number of hydrogen-bond acceptors (Lipinski definition) is 1. The summed E-state index contributed by atoms with van der Waals surface area (Å²) in [7, 11) is 0. The highest BCUT2D eigenvalue weighted by Gasteiger charge is 2.47. The van der Waals surface area contributed by atoms with Gasteiger partial charge in [-0.05, 0) is 39.0 Å². The Kier molecular flexibility index (Phi) is 1.80. The standard InChI is InChI=1S/C11H18O/c1-8-4-5-9(6-8)7-10-11(2,3)12-10/h6,8,10H,4-5,7H2,1-3H3. The van der Waals surface area contributed by atoms with Gasteiger partial charge < -0.3 is 4.74 Å². The monoisotopic (exact) mass is 166 g/mol. The SMILES string of the molecule is CC1C=C(CC2OC2(C)C)CC1. The van der Waals surface area contributed by atoms with E-state index in [1.165, 1.54) is 19.3 Å². The van der Waals surface area contributed by atoms with Crippen molar-refractivity contribution in [3.05, 3.63) is 11.6 Å². The zero-order chi connectivity index (χ0) is 8.77. The van der Waals surface area contributed by atoms with Crippen molar-refractivity contribution >= 4 is 0 Å². The fraction of sp³-hybridized carbons (Fsp3) is 0.818. The maximum absolute atomic E-state index is 5.56. The third-order valence-corrected chi connectivity index (χ3v) is 3.05. The van der Waals surface area contributed by atoms with E-state index in [-0.39, 0.29) is 5.60 Å². The summed E-state index contributed by atoms with van der Waals surface area (Å²) >= 11 is 0. The van der Waals surface area contributed by atoms with Gasteiger partial charge in [-0.2, -0.15) is 0 Å². The Bertz CT molecular complexity index is 215. The molecule has 0 aromatic carbocycles. The molecule has 0 spiro atoms. The summed E-state index contributed by atoms with van der Waals surface area (Å²) < 4.78 is 5.56. The summed E-state index contributed by atoms with van der Waals surface area (Å²) in [5.41, 5.74) is 1.80. The van der Waals surface area contributed by atoms with Crippen LogP contribution in [0.2, 0.25) is 0 Å². The van der Waals surface area contributed by atoms with Gasteiger partial charge in [-0.1, -0.05) is 18.6 Å². The molecular weight excluding hydrogens is 148 g/mol. The van der Waals surface area contributed by atoms with Crippen LogP contribution >= 0.6 is 0 Å². The minimum atomic E-state index is 0.173. The molecule has 12 heavy (non-hydrogen) atoms. The Hall–Kier alpha value is -0.300. The van der Waals surface area contributed by atoms with Crippen molar-refractivity contribution < 1.29 is 4.74 Å². The third-order valence-electron chi connectivity index (χ3n) is 3.05. The molecule has 68 valence electrons. The number of allylic oxidation sites excluding steroid dienone is 1. The molecule has 0 saturated carbocycles. The summed E-state index contributed by atoms with van der Waals surface area (Å²) in [4.78, 5) is 0. The molecule has 0 bridgehead atoms. The average molecular weight is 166 g/mol. The van der Waals surface area contributed by atoms with Crippen LogP contribution in [0.15, 0.2) is 11.6 Å². The molecule has 2 rings (SSSR count). The molecule has 0 aromatic heterocycles. The molecule has 1 aliphatic carbocycles. The summed E-state index contributed by atoms with van der Waals surface area (Å²) in [6.45, 7) is 6.65. The lowest BCUT2D eigenvalue weighted by atomic mass is 10.0. The highest BCUT2D eigenvalue weighted by atomic mass is 16.6. The Morgan fingerprint density at radius 3 is 2.67 bits per heavy atom. The van der Waals surface area contributed by atoms with Gasteiger partial charge in [-0.3, -0.25) is 0 Å². The molecule has 2 atom stereocenters. The predicted molar refractivity (Wildman–Crippen MR) is 50.1 cm³/mol. The minimum absolute atomic E-state index is 0.173. The molecule has 0 radical (unpaired) electrons. The zero-order valence-electron chi connectivity index (χ0n) is 8.26. The first-order chi connectivity index (χ1) is 5.58. The highest BCUT2D eigenvalue weighted by Crippen LogP contribution is 2.41. The van der Waals surface area contributed by atoms with Gasteiger partial charge in [0, 0.05) is 0 Å². The molecule has 0 N–H and O–H groups in total. The number of hydrogen-bond donors (Lipinski definition) is 0. The van der Waals surface area contributed by atoms with E-state index < -0.39 is 0 Å². The van der Waals surface area contributed by atoms with Gasteiger partial charge in [0.25, 0.3) is 0 Å². The minimum Gasteiger partial charge on any atom is -0.366 e. The molecule has 1 nitrogen and oxygen atoms in total. The van der Waals surface area contributed by atoms with Crippen molar-refractivity contribution in [3.8, 4) is 0 Å². The maximum Gasteiger partial charge on any atom is 0.0904 e. The molecular formula is C11H18O. The third kappa shape index (κ3) is 1.56. The van der Waals surface area contributed by atoms with Crippen LogP contribution < -0.4 is 0 Å². The van der Waals surface area contributed by atoms with Crippen LogP contribution in [-0.4, -0.2) is 11.7 Å². The first kappa shape index (κ1) is 8.31. The summed E-state index contributed by atoms with van der Waals surface area (Å²) in [5, 5.41) is 0. The van der Waals surface area contributed by atoms with E-state index in [4.69, 9.17) is 4.74 Å². The van der Waals surface area contributed by atoms with Gasteiger partial charge >= 0.3 is 0 Å². The summed E-state index contributed by atoms with van der Waals surface area (Å²) in [6.07, 6.45) is 6.77. The van der Waals surface area contributed by atoms with E-state index in [1.54, 1.807) is 5.57 Å². The molecule has 0 aromatic rings. The Labute approximate surface area is 74.8 Å². The predicted octanol–water partition coefficient (Wildman–Crippen LogP) is 2.91. The second-order valence-corrected chi connectivity index (χ2v) is 4.75. The second-order valence-electron chi connectivity index (χ2n) is 4.75. The summed E-state index contributed by atoms with van der Waals surface area (Å²) in [5.74, 6) is 0.807. The summed E-state index contributed by atoms with van der Waals surface area (Å²) in [6, 6.07) is 0. The van der Waals surface area contributed by atoms with Gasteiger partial charge in [0.2, 0.25) is 0 Å². The van der Waals surface area contributed by atoms with E-state index in [1.807, 2.05) is 0 Å². The van der Waals surface area contributed by atoms with E-state index in [9.17, 15) is 0 Å². The number of rotatable bonds is 2. The van der Waals surface area contributed by atoms with Crippen molar-refractivity contribution in [2.75, 3.05) is 0 Å². The lowest BCUT2D eigenvalue weighted by Gasteiger charge is -1.98. The van der Waals surface area contributed by atoms with Crippen LogP contribution in [0, 0.1) is 5.92 Å². The lowest BCUT2D eigenvalue weighted by molar-refractivity contribution is 0.323. The average Bonchev–Trinajstić information content (AvgIpc) is 2.41. The molecule has 0 amide bonds. The van der Waals surface area contributed by atoms with Crippen molar-refractivity contribution in [1.82, 2.24) is 0 Å². The van der Waals surface area contributed by atoms with E-state index in [0.717, 1.165) is 5.92 Å². The van der Waals surface area contributed by atoms with E-state index >= 15 is 0 Å². The van der Waals surface area contributed by atoms with Crippen LogP contribution in [-0.2, 0) is 4.74 Å². The fourth-order valence-electron chi connectivity index (χ4n) is 2.01. The normalized spacial score (nSPS) is 38.1. The Morgan fingerprint density at radius 1 is 1.58 bits per heavy atom. The molecule has 2 aliphatic rings.